The smallest absolute Gasteiger partial charge is 0.287 e. The molecule has 0 aliphatic rings. The van der Waals surface area contributed by atoms with Gasteiger partial charge in [0, 0.05) is 34.9 Å². The predicted octanol–water partition coefficient (Wildman–Crippen LogP) is -0.268. The first-order chi connectivity index (χ1) is 8.61. The molecule has 0 bridgehead atoms. The van der Waals surface area contributed by atoms with Crippen molar-refractivity contribution >= 4 is 26.7 Å². The number of amides is 1. The van der Waals surface area contributed by atoms with Gasteiger partial charge in [-0.25, -0.2) is 13.6 Å². The second-order valence-electron chi connectivity index (χ2n) is 4.19. The number of nitrogens with one attached hydrogen (secondary N) is 1. The molecule has 19 heavy (non-hydrogen) atoms. The van der Waals surface area contributed by atoms with Gasteiger partial charge in [-0.15, -0.1) is 0 Å². The molecule has 1 rings (SSSR count). The van der Waals surface area contributed by atoms with E-state index in [0.717, 1.165) is 6.07 Å². The number of carbonyl (C=O) groups excluding carboxylic acids is 1. The molecular weight excluding hydrogens is 292 g/mol. The highest BCUT2D eigenvalue weighted by Crippen LogP contribution is 2.18. The molecule has 1 aromatic rings. The van der Waals surface area contributed by atoms with Crippen LogP contribution in [0.5, 0.6) is 0 Å². The summed E-state index contributed by atoms with van der Waals surface area (Å²) in [5, 5.41) is 7.54. The van der Waals surface area contributed by atoms with Crippen LogP contribution in [0.4, 0.5) is 0 Å². The van der Waals surface area contributed by atoms with Crippen molar-refractivity contribution in [2.24, 2.45) is 5.14 Å². The van der Waals surface area contributed by atoms with Gasteiger partial charge in [0.15, 0.2) is 5.76 Å². The highest BCUT2D eigenvalue weighted by Gasteiger charge is 2.21. The van der Waals surface area contributed by atoms with E-state index in [-0.39, 0.29) is 22.5 Å². The summed E-state index contributed by atoms with van der Waals surface area (Å²) in [6.07, 6.45) is 1.53. The van der Waals surface area contributed by atoms with E-state index in [1.165, 1.54) is 13.2 Å². The summed E-state index contributed by atoms with van der Waals surface area (Å²) >= 11 is 0. The van der Waals surface area contributed by atoms with Crippen molar-refractivity contribution < 1.29 is 21.8 Å². The Balaban J connectivity index is 2.88. The van der Waals surface area contributed by atoms with Gasteiger partial charge in [-0.2, -0.15) is 0 Å². The maximum Gasteiger partial charge on any atom is 0.287 e. The SMILES string of the molecule is Cc1oc(C(=O)NC(C)CS(C)=O)cc1S(N)(=O)=O. The Hall–Kier alpha value is -1.19. The zero-order chi connectivity index (χ0) is 14.8. The Labute approximate surface area is 114 Å². The number of furan rings is 1. The molecule has 1 heterocycles. The minimum atomic E-state index is -3.92. The van der Waals surface area contributed by atoms with E-state index in [0.29, 0.717) is 5.75 Å². The van der Waals surface area contributed by atoms with Crippen molar-refractivity contribution in [3.05, 3.63) is 17.6 Å². The maximum absolute atomic E-state index is 11.8. The number of nitrogens with two attached hydrogens (primary N) is 1. The highest BCUT2D eigenvalue weighted by molar-refractivity contribution is 7.89. The van der Waals surface area contributed by atoms with Crippen LogP contribution in [-0.2, 0) is 20.8 Å². The van der Waals surface area contributed by atoms with Crippen molar-refractivity contribution in [3.8, 4) is 0 Å². The molecular formula is C10H16N2O5S2. The zero-order valence-electron chi connectivity index (χ0n) is 10.8. The fraction of sp³-hybridized carbons (Fsp3) is 0.500. The average Bonchev–Trinajstić information content (AvgIpc) is 2.58. The van der Waals surface area contributed by atoms with E-state index in [2.05, 4.69) is 5.32 Å². The van der Waals surface area contributed by atoms with Crippen LogP contribution in [0.1, 0.15) is 23.2 Å². The maximum atomic E-state index is 11.8. The molecule has 7 nitrogen and oxygen atoms in total. The van der Waals surface area contributed by atoms with E-state index < -0.39 is 26.7 Å². The van der Waals surface area contributed by atoms with Gasteiger partial charge in [0.05, 0.1) is 0 Å². The fourth-order valence-corrected chi connectivity index (χ4v) is 3.05. The molecule has 0 fully saturated rings. The van der Waals surface area contributed by atoms with Crippen LogP contribution in [0, 0.1) is 6.92 Å². The molecule has 0 saturated carbocycles. The molecule has 2 unspecified atom stereocenters. The summed E-state index contributed by atoms with van der Waals surface area (Å²) in [7, 11) is -4.96. The van der Waals surface area contributed by atoms with Crippen molar-refractivity contribution in [2.45, 2.75) is 24.8 Å². The summed E-state index contributed by atoms with van der Waals surface area (Å²) in [4.78, 5) is 11.6. The largest absolute Gasteiger partial charge is 0.455 e. The lowest BCUT2D eigenvalue weighted by molar-refractivity contribution is 0.0914. The number of primary sulfonamides is 1. The zero-order valence-corrected chi connectivity index (χ0v) is 12.4. The quantitative estimate of drug-likeness (QED) is 0.776. The van der Waals surface area contributed by atoms with Gasteiger partial charge in [0.25, 0.3) is 5.91 Å². The van der Waals surface area contributed by atoms with Crippen molar-refractivity contribution in [1.82, 2.24) is 5.32 Å². The average molecular weight is 308 g/mol. The Morgan fingerprint density at radius 3 is 2.58 bits per heavy atom. The number of sulfonamides is 1. The number of hydrogen-bond donors (Lipinski definition) is 2. The lowest BCUT2D eigenvalue weighted by atomic mass is 10.3. The molecule has 108 valence electrons. The molecule has 9 heteroatoms. The lowest BCUT2D eigenvalue weighted by Gasteiger charge is -2.10. The van der Waals surface area contributed by atoms with Gasteiger partial charge in [0.2, 0.25) is 10.0 Å². The normalized spacial score (nSPS) is 14.9. The minimum absolute atomic E-state index is 0.0550. The summed E-state index contributed by atoms with van der Waals surface area (Å²) in [5.41, 5.74) is 0. The molecule has 0 aromatic carbocycles. The van der Waals surface area contributed by atoms with Gasteiger partial charge >= 0.3 is 0 Å². The van der Waals surface area contributed by atoms with Crippen molar-refractivity contribution in [2.75, 3.05) is 12.0 Å². The number of carbonyl (C=O) groups is 1. The summed E-state index contributed by atoms with van der Waals surface area (Å²) in [5.74, 6) is -0.362. The highest BCUT2D eigenvalue weighted by atomic mass is 32.2. The number of rotatable bonds is 5. The first kappa shape index (κ1) is 15.9. The third kappa shape index (κ3) is 4.44. The van der Waals surface area contributed by atoms with Crippen LogP contribution in [0.3, 0.4) is 0 Å². The minimum Gasteiger partial charge on any atom is -0.455 e. The standard InChI is InChI=1S/C10H16N2O5S2/c1-6(5-18(3)14)12-10(13)8-4-9(7(2)17-8)19(11,15)16/h4,6H,5H2,1-3H3,(H,12,13)(H2,11,15,16). The molecule has 0 aliphatic heterocycles. The molecule has 3 N–H and O–H groups in total. The molecule has 0 radical (unpaired) electrons. The first-order valence-electron chi connectivity index (χ1n) is 5.35. The topological polar surface area (TPSA) is 119 Å². The van der Waals surface area contributed by atoms with Crippen LogP contribution < -0.4 is 10.5 Å². The van der Waals surface area contributed by atoms with E-state index in [1.54, 1.807) is 6.92 Å². The molecule has 0 spiro atoms. The third-order valence-corrected chi connectivity index (χ3v) is 4.25. The monoisotopic (exact) mass is 308 g/mol. The van der Waals surface area contributed by atoms with Crippen LogP contribution in [0.25, 0.3) is 0 Å². The van der Waals surface area contributed by atoms with Crippen LogP contribution in [0.2, 0.25) is 0 Å². The van der Waals surface area contributed by atoms with E-state index >= 15 is 0 Å². The first-order valence-corrected chi connectivity index (χ1v) is 8.62. The van der Waals surface area contributed by atoms with E-state index in [4.69, 9.17) is 9.56 Å². The van der Waals surface area contributed by atoms with E-state index in [9.17, 15) is 17.4 Å². The lowest BCUT2D eigenvalue weighted by Crippen LogP contribution is -2.36. The Kier molecular flexibility index (Phi) is 4.88. The number of aryl methyl sites for hydroxylation is 1. The summed E-state index contributed by atoms with van der Waals surface area (Å²) in [6, 6.07) is 0.761. The van der Waals surface area contributed by atoms with Gasteiger partial charge in [-0.3, -0.25) is 9.00 Å². The van der Waals surface area contributed by atoms with Gasteiger partial charge in [-0.1, -0.05) is 0 Å². The Bertz CT molecular complexity index is 605. The molecule has 2 atom stereocenters. The van der Waals surface area contributed by atoms with Crippen molar-refractivity contribution in [1.29, 1.82) is 0 Å². The Morgan fingerprint density at radius 1 is 1.58 bits per heavy atom. The van der Waals surface area contributed by atoms with Crippen molar-refractivity contribution in [3.63, 3.8) is 0 Å². The van der Waals surface area contributed by atoms with Crippen LogP contribution in [-0.4, -0.2) is 36.6 Å². The summed E-state index contributed by atoms with van der Waals surface area (Å²) < 4.78 is 38.5. The van der Waals surface area contributed by atoms with E-state index in [1.807, 2.05) is 0 Å². The second-order valence-corrected chi connectivity index (χ2v) is 7.20. The number of hydrogen-bond acceptors (Lipinski definition) is 5. The Morgan fingerprint density at radius 2 is 2.16 bits per heavy atom. The predicted molar refractivity (Wildman–Crippen MR) is 70.7 cm³/mol. The molecule has 0 aliphatic carbocycles. The third-order valence-electron chi connectivity index (χ3n) is 2.26. The van der Waals surface area contributed by atoms with Gasteiger partial charge < -0.3 is 9.73 Å². The molecule has 1 amide bonds. The van der Waals surface area contributed by atoms with Gasteiger partial charge in [-0.05, 0) is 13.8 Å². The second kappa shape index (κ2) is 5.85. The van der Waals surface area contributed by atoms with Crippen LogP contribution in [0.15, 0.2) is 15.4 Å². The van der Waals surface area contributed by atoms with Gasteiger partial charge in [0.1, 0.15) is 10.7 Å². The summed E-state index contributed by atoms with van der Waals surface area (Å²) in [6.45, 7) is 3.09. The van der Waals surface area contributed by atoms with Crippen LogP contribution >= 0.6 is 0 Å². The fourth-order valence-electron chi connectivity index (χ4n) is 1.55. The molecule has 0 saturated heterocycles. The molecule has 1 aromatic heterocycles.